The number of hydrazine groups is 1. The van der Waals surface area contributed by atoms with Gasteiger partial charge in [-0.25, -0.2) is 5.01 Å². The number of allylic oxidation sites excluding steroid dienone is 2. The van der Waals surface area contributed by atoms with E-state index >= 15 is 0 Å². The highest BCUT2D eigenvalue weighted by molar-refractivity contribution is 5.74. The molecule has 1 aliphatic heterocycles. The SMILES string of the molecule is CC(=O)N(C1CC1)N1C=CCC(c2cc(Cc3ccccc3)[nH]n2)=C1. The molecule has 0 unspecified atom stereocenters. The number of hydrogen-bond donors (Lipinski definition) is 1. The van der Waals surface area contributed by atoms with E-state index in [-0.39, 0.29) is 5.91 Å². The highest BCUT2D eigenvalue weighted by Gasteiger charge is 2.34. The van der Waals surface area contributed by atoms with Crippen LogP contribution in [0.3, 0.4) is 0 Å². The van der Waals surface area contributed by atoms with Gasteiger partial charge in [-0.15, -0.1) is 0 Å². The molecular formula is C20H22N4O. The molecule has 5 heteroatoms. The van der Waals surface area contributed by atoms with Crippen molar-refractivity contribution in [3.8, 4) is 0 Å². The number of aromatic amines is 1. The number of nitrogens with one attached hydrogen (secondary N) is 1. The Morgan fingerprint density at radius 2 is 2.12 bits per heavy atom. The van der Waals surface area contributed by atoms with E-state index in [4.69, 9.17) is 0 Å². The highest BCUT2D eigenvalue weighted by atomic mass is 16.2. The van der Waals surface area contributed by atoms with Crippen LogP contribution in [0.2, 0.25) is 0 Å². The molecule has 25 heavy (non-hydrogen) atoms. The molecule has 1 N–H and O–H groups in total. The zero-order valence-electron chi connectivity index (χ0n) is 14.4. The molecule has 0 spiro atoms. The Kier molecular flexibility index (Phi) is 4.14. The lowest BCUT2D eigenvalue weighted by atomic mass is 10.1. The van der Waals surface area contributed by atoms with Gasteiger partial charge in [0.2, 0.25) is 5.91 Å². The van der Waals surface area contributed by atoms with Crippen molar-refractivity contribution >= 4 is 11.5 Å². The van der Waals surface area contributed by atoms with Crippen LogP contribution in [0.1, 0.15) is 43.1 Å². The summed E-state index contributed by atoms with van der Waals surface area (Å²) < 4.78 is 0. The summed E-state index contributed by atoms with van der Waals surface area (Å²) >= 11 is 0. The number of nitrogens with zero attached hydrogens (tertiary/aromatic N) is 3. The van der Waals surface area contributed by atoms with Gasteiger partial charge in [-0.1, -0.05) is 36.4 Å². The van der Waals surface area contributed by atoms with Gasteiger partial charge in [-0.3, -0.25) is 14.9 Å². The maximum atomic E-state index is 12.0. The number of rotatable bonds is 5. The molecule has 1 aliphatic carbocycles. The number of carbonyl (C=O) groups excluding carboxylic acids is 1. The second kappa shape index (κ2) is 6.59. The molecule has 1 saturated carbocycles. The predicted molar refractivity (Wildman–Crippen MR) is 97.0 cm³/mol. The summed E-state index contributed by atoms with van der Waals surface area (Å²) in [5, 5.41) is 11.4. The van der Waals surface area contributed by atoms with Crippen molar-refractivity contribution in [1.82, 2.24) is 20.2 Å². The minimum absolute atomic E-state index is 0.0800. The Bertz CT molecular complexity index is 817. The van der Waals surface area contributed by atoms with Crippen molar-refractivity contribution < 1.29 is 4.79 Å². The lowest BCUT2D eigenvalue weighted by Gasteiger charge is -2.33. The number of aromatic nitrogens is 2. The zero-order valence-corrected chi connectivity index (χ0v) is 14.4. The summed E-state index contributed by atoms with van der Waals surface area (Å²) in [5.41, 5.74) is 4.41. The van der Waals surface area contributed by atoms with Crippen molar-refractivity contribution in [3.63, 3.8) is 0 Å². The summed E-state index contributed by atoms with van der Waals surface area (Å²) in [7, 11) is 0. The predicted octanol–water partition coefficient (Wildman–Crippen LogP) is 3.49. The second-order valence-corrected chi connectivity index (χ2v) is 6.66. The average Bonchev–Trinajstić information content (AvgIpc) is 3.33. The lowest BCUT2D eigenvalue weighted by molar-refractivity contribution is -0.139. The Labute approximate surface area is 147 Å². The van der Waals surface area contributed by atoms with E-state index in [2.05, 4.69) is 34.5 Å². The van der Waals surface area contributed by atoms with Gasteiger partial charge in [0.25, 0.3) is 0 Å². The van der Waals surface area contributed by atoms with Crippen LogP contribution in [0.5, 0.6) is 0 Å². The fourth-order valence-corrected chi connectivity index (χ4v) is 3.21. The van der Waals surface area contributed by atoms with Gasteiger partial charge >= 0.3 is 0 Å². The maximum Gasteiger partial charge on any atom is 0.238 e. The number of H-pyrrole nitrogens is 1. The monoisotopic (exact) mass is 334 g/mol. The molecule has 2 aromatic rings. The topological polar surface area (TPSA) is 52.2 Å². The number of carbonyl (C=O) groups is 1. The molecule has 1 aromatic carbocycles. The van der Waals surface area contributed by atoms with Gasteiger partial charge in [0.15, 0.2) is 0 Å². The first-order valence-electron chi connectivity index (χ1n) is 8.74. The normalized spacial score (nSPS) is 16.7. The van der Waals surface area contributed by atoms with Crippen molar-refractivity contribution in [2.45, 2.75) is 38.6 Å². The second-order valence-electron chi connectivity index (χ2n) is 6.66. The lowest BCUT2D eigenvalue weighted by Crippen LogP contribution is -2.41. The van der Waals surface area contributed by atoms with Gasteiger partial charge in [-0.05, 0) is 30.9 Å². The molecular weight excluding hydrogens is 312 g/mol. The van der Waals surface area contributed by atoms with E-state index in [9.17, 15) is 4.79 Å². The van der Waals surface area contributed by atoms with E-state index in [0.717, 1.165) is 42.6 Å². The molecule has 2 aliphatic rings. The quantitative estimate of drug-likeness (QED) is 0.911. The largest absolute Gasteiger partial charge is 0.282 e. The van der Waals surface area contributed by atoms with Crippen molar-refractivity contribution in [2.75, 3.05) is 0 Å². The highest BCUT2D eigenvalue weighted by Crippen LogP contribution is 2.31. The number of hydrogen-bond acceptors (Lipinski definition) is 3. The maximum absolute atomic E-state index is 12.0. The van der Waals surface area contributed by atoms with Crippen LogP contribution >= 0.6 is 0 Å². The minimum Gasteiger partial charge on any atom is -0.282 e. The van der Waals surface area contributed by atoms with E-state index in [1.54, 1.807) is 6.92 Å². The fourth-order valence-electron chi connectivity index (χ4n) is 3.21. The smallest absolute Gasteiger partial charge is 0.238 e. The van der Waals surface area contributed by atoms with Gasteiger partial charge in [0.05, 0.1) is 11.7 Å². The first-order valence-corrected chi connectivity index (χ1v) is 8.74. The summed E-state index contributed by atoms with van der Waals surface area (Å²) in [6, 6.07) is 12.8. The van der Waals surface area contributed by atoms with E-state index in [0.29, 0.717) is 6.04 Å². The molecule has 0 bridgehead atoms. The van der Waals surface area contributed by atoms with E-state index < -0.39 is 0 Å². The number of amides is 1. The first kappa shape index (κ1) is 15.7. The third-order valence-electron chi connectivity index (χ3n) is 4.55. The summed E-state index contributed by atoms with van der Waals surface area (Å²) in [6.45, 7) is 1.63. The molecule has 1 amide bonds. The molecule has 1 fully saturated rings. The Balaban J connectivity index is 1.52. The van der Waals surface area contributed by atoms with Crippen LogP contribution in [0, 0.1) is 0 Å². The van der Waals surface area contributed by atoms with Gasteiger partial charge in [0, 0.05) is 37.0 Å². The molecule has 4 rings (SSSR count). The summed E-state index contributed by atoms with van der Waals surface area (Å²) in [6.07, 6.45) is 9.90. The van der Waals surface area contributed by atoms with Crippen LogP contribution in [-0.2, 0) is 11.2 Å². The molecule has 2 heterocycles. The zero-order chi connectivity index (χ0) is 17.2. The molecule has 0 radical (unpaired) electrons. The molecule has 1 aromatic heterocycles. The van der Waals surface area contributed by atoms with Crippen molar-refractivity contribution in [2.24, 2.45) is 0 Å². The van der Waals surface area contributed by atoms with Gasteiger partial charge in [0.1, 0.15) is 0 Å². The van der Waals surface area contributed by atoms with E-state index in [1.165, 1.54) is 5.56 Å². The Morgan fingerprint density at radius 1 is 1.32 bits per heavy atom. The van der Waals surface area contributed by atoms with E-state index in [1.807, 2.05) is 40.6 Å². The van der Waals surface area contributed by atoms with Crippen LogP contribution in [0.4, 0.5) is 0 Å². The fraction of sp³-hybridized carbons (Fsp3) is 0.300. The van der Waals surface area contributed by atoms with Crippen LogP contribution in [-0.4, -0.2) is 32.2 Å². The minimum atomic E-state index is 0.0800. The molecule has 0 atom stereocenters. The van der Waals surface area contributed by atoms with Crippen LogP contribution < -0.4 is 0 Å². The van der Waals surface area contributed by atoms with Crippen molar-refractivity contribution in [1.29, 1.82) is 0 Å². The third-order valence-corrected chi connectivity index (χ3v) is 4.55. The number of benzene rings is 1. The van der Waals surface area contributed by atoms with Gasteiger partial charge < -0.3 is 0 Å². The first-order chi connectivity index (χ1) is 12.2. The third kappa shape index (κ3) is 3.50. The standard InChI is InChI=1S/C20H22N4O/c1-15(25)24(19-9-10-19)23-11-5-8-17(14-23)20-13-18(21-22-20)12-16-6-3-2-4-7-16/h2-7,11,13-14,19H,8-10,12H2,1H3,(H,21,22). The summed E-state index contributed by atoms with van der Waals surface area (Å²) in [4.78, 5) is 12.0. The van der Waals surface area contributed by atoms with Crippen LogP contribution in [0.25, 0.3) is 5.57 Å². The van der Waals surface area contributed by atoms with Crippen molar-refractivity contribution in [3.05, 3.63) is 71.8 Å². The average molecular weight is 334 g/mol. The van der Waals surface area contributed by atoms with Gasteiger partial charge in [-0.2, -0.15) is 5.10 Å². The van der Waals surface area contributed by atoms with Crippen LogP contribution in [0.15, 0.2) is 54.9 Å². The molecule has 5 nitrogen and oxygen atoms in total. The molecule has 0 saturated heterocycles. The summed E-state index contributed by atoms with van der Waals surface area (Å²) in [5.74, 6) is 0.0800. The molecule has 128 valence electrons. The Morgan fingerprint density at radius 3 is 2.84 bits per heavy atom. The Hall–Kier alpha value is -2.82.